The fraction of sp³-hybridized carbons (Fsp3) is 0.600. The van der Waals surface area contributed by atoms with E-state index in [1.807, 2.05) is 13.8 Å². The van der Waals surface area contributed by atoms with Crippen LogP contribution in [0.3, 0.4) is 0 Å². The first-order valence-corrected chi connectivity index (χ1v) is 8.23. The van der Waals surface area contributed by atoms with Gasteiger partial charge in [0.2, 0.25) is 5.91 Å². The third-order valence-electron chi connectivity index (χ3n) is 3.74. The Kier molecular flexibility index (Phi) is 6.84. The zero-order chi connectivity index (χ0) is 16.0. The fourth-order valence-corrected chi connectivity index (χ4v) is 2.80. The lowest BCUT2D eigenvalue weighted by Gasteiger charge is -2.29. The molecule has 0 bridgehead atoms. The van der Waals surface area contributed by atoms with Crippen LogP contribution in [0.2, 0.25) is 4.34 Å². The van der Waals surface area contributed by atoms with Crippen molar-refractivity contribution in [2.45, 2.75) is 45.6 Å². The van der Waals surface area contributed by atoms with Gasteiger partial charge in [0.1, 0.15) is 0 Å². The molecule has 0 saturated heterocycles. The van der Waals surface area contributed by atoms with Crippen LogP contribution >= 0.6 is 22.9 Å². The normalized spacial score (nSPS) is 15.3. The summed E-state index contributed by atoms with van der Waals surface area (Å²) in [5, 5.41) is 12.9. The van der Waals surface area contributed by atoms with E-state index in [0.717, 1.165) is 6.42 Å². The predicted octanol–water partition coefficient (Wildman–Crippen LogP) is 3.28. The Balaban J connectivity index is 2.36. The summed E-state index contributed by atoms with van der Waals surface area (Å²) in [6.45, 7) is 5.84. The summed E-state index contributed by atoms with van der Waals surface area (Å²) in [6.07, 6.45) is 1.10. The third kappa shape index (κ3) is 5.77. The topological polar surface area (TPSA) is 66.4 Å². The number of Topliss-reactive ketones (excluding diaryl/α,β-unsaturated/α-hetero) is 1. The van der Waals surface area contributed by atoms with Gasteiger partial charge in [0.05, 0.1) is 14.8 Å². The van der Waals surface area contributed by atoms with E-state index in [9.17, 15) is 14.7 Å². The molecule has 118 valence electrons. The molecular formula is C15H22ClNO3S. The van der Waals surface area contributed by atoms with E-state index in [4.69, 9.17) is 11.6 Å². The number of carbonyl (C=O) groups is 2. The molecule has 0 fully saturated rings. The van der Waals surface area contributed by atoms with Gasteiger partial charge in [0.15, 0.2) is 5.78 Å². The molecule has 0 aromatic carbocycles. The van der Waals surface area contributed by atoms with Gasteiger partial charge in [0, 0.05) is 19.4 Å². The van der Waals surface area contributed by atoms with Crippen molar-refractivity contribution >= 4 is 34.6 Å². The average Bonchev–Trinajstić information content (AvgIpc) is 2.88. The van der Waals surface area contributed by atoms with Crippen LogP contribution in [0.4, 0.5) is 0 Å². The van der Waals surface area contributed by atoms with Crippen molar-refractivity contribution in [3.63, 3.8) is 0 Å². The number of amides is 1. The van der Waals surface area contributed by atoms with E-state index in [0.29, 0.717) is 9.21 Å². The second-order valence-corrected chi connectivity index (χ2v) is 7.19. The summed E-state index contributed by atoms with van der Waals surface area (Å²) in [4.78, 5) is 24.2. The Morgan fingerprint density at radius 1 is 1.43 bits per heavy atom. The highest BCUT2D eigenvalue weighted by molar-refractivity contribution is 7.18. The number of hydrogen-bond acceptors (Lipinski definition) is 4. The molecule has 2 unspecified atom stereocenters. The molecule has 4 nitrogen and oxygen atoms in total. The first-order valence-electron chi connectivity index (χ1n) is 7.04. The number of thiophene rings is 1. The van der Waals surface area contributed by atoms with Crippen LogP contribution in [0.25, 0.3) is 0 Å². The standard InChI is InChI=1S/C15H22ClNO3S/c1-4-10(2)15(3,20)9-17-14(19)8-5-11(18)12-6-7-13(16)21-12/h6-7,10,20H,4-5,8-9H2,1-3H3,(H,17,19). The number of nitrogens with one attached hydrogen (secondary N) is 1. The summed E-state index contributed by atoms with van der Waals surface area (Å²) >= 11 is 6.99. The lowest BCUT2D eigenvalue weighted by Crippen LogP contribution is -2.45. The number of halogens is 1. The van der Waals surface area contributed by atoms with Crippen molar-refractivity contribution < 1.29 is 14.7 Å². The zero-order valence-corrected chi connectivity index (χ0v) is 14.2. The molecule has 1 amide bonds. The van der Waals surface area contributed by atoms with E-state index in [-0.39, 0.29) is 37.0 Å². The summed E-state index contributed by atoms with van der Waals surface area (Å²) < 4.78 is 0.562. The van der Waals surface area contributed by atoms with Crippen LogP contribution < -0.4 is 5.32 Å². The maximum Gasteiger partial charge on any atom is 0.220 e. The molecule has 2 N–H and O–H groups in total. The molecule has 6 heteroatoms. The van der Waals surface area contributed by atoms with Gasteiger partial charge in [0.25, 0.3) is 0 Å². The van der Waals surface area contributed by atoms with Gasteiger partial charge in [-0.05, 0) is 25.0 Å². The number of ketones is 1. The zero-order valence-electron chi connectivity index (χ0n) is 12.6. The lowest BCUT2D eigenvalue weighted by molar-refractivity contribution is -0.122. The average molecular weight is 332 g/mol. The molecule has 0 saturated carbocycles. The molecule has 1 aromatic rings. The summed E-state index contributed by atoms with van der Waals surface area (Å²) in [6, 6.07) is 3.34. The Hall–Kier alpha value is -0.910. The van der Waals surface area contributed by atoms with Crippen molar-refractivity contribution in [1.82, 2.24) is 5.32 Å². The number of carbonyl (C=O) groups excluding carboxylic acids is 2. The van der Waals surface area contributed by atoms with Crippen LogP contribution in [0.5, 0.6) is 0 Å². The Bertz CT molecular complexity index is 499. The molecule has 0 radical (unpaired) electrons. The molecule has 1 aromatic heterocycles. The second-order valence-electron chi connectivity index (χ2n) is 5.47. The van der Waals surface area contributed by atoms with Crippen molar-refractivity contribution in [3.8, 4) is 0 Å². The van der Waals surface area contributed by atoms with Gasteiger partial charge >= 0.3 is 0 Å². The minimum Gasteiger partial charge on any atom is -0.388 e. The summed E-state index contributed by atoms with van der Waals surface area (Å²) in [7, 11) is 0. The predicted molar refractivity (Wildman–Crippen MR) is 86.0 cm³/mol. The third-order valence-corrected chi connectivity index (χ3v) is 5.02. The molecule has 21 heavy (non-hydrogen) atoms. The van der Waals surface area contributed by atoms with Crippen LogP contribution in [0, 0.1) is 5.92 Å². The molecule has 0 aliphatic carbocycles. The number of hydrogen-bond donors (Lipinski definition) is 2. The van der Waals surface area contributed by atoms with E-state index >= 15 is 0 Å². The van der Waals surface area contributed by atoms with Gasteiger partial charge in [-0.3, -0.25) is 9.59 Å². The van der Waals surface area contributed by atoms with Crippen LogP contribution in [-0.4, -0.2) is 28.9 Å². The van der Waals surface area contributed by atoms with Crippen LogP contribution in [-0.2, 0) is 4.79 Å². The largest absolute Gasteiger partial charge is 0.388 e. The monoisotopic (exact) mass is 331 g/mol. The Morgan fingerprint density at radius 2 is 2.10 bits per heavy atom. The highest BCUT2D eigenvalue weighted by Crippen LogP contribution is 2.23. The molecule has 0 spiro atoms. The highest BCUT2D eigenvalue weighted by Gasteiger charge is 2.27. The van der Waals surface area contributed by atoms with E-state index in [1.165, 1.54) is 11.3 Å². The summed E-state index contributed by atoms with van der Waals surface area (Å²) in [5.74, 6) is -0.224. The maximum absolute atomic E-state index is 11.8. The van der Waals surface area contributed by atoms with Gasteiger partial charge in [-0.1, -0.05) is 31.9 Å². The highest BCUT2D eigenvalue weighted by atomic mass is 35.5. The van der Waals surface area contributed by atoms with Crippen molar-refractivity contribution in [2.75, 3.05) is 6.54 Å². The van der Waals surface area contributed by atoms with Crippen LogP contribution in [0.1, 0.15) is 49.7 Å². The van der Waals surface area contributed by atoms with Crippen molar-refractivity contribution in [2.24, 2.45) is 5.92 Å². The van der Waals surface area contributed by atoms with E-state index in [1.54, 1.807) is 19.1 Å². The molecule has 1 rings (SSSR count). The minimum absolute atomic E-state index is 0.0873. The van der Waals surface area contributed by atoms with Crippen molar-refractivity contribution in [3.05, 3.63) is 21.3 Å². The van der Waals surface area contributed by atoms with Gasteiger partial charge in [-0.15, -0.1) is 11.3 Å². The van der Waals surface area contributed by atoms with Gasteiger partial charge in [-0.25, -0.2) is 0 Å². The molecular weight excluding hydrogens is 310 g/mol. The molecule has 0 aliphatic rings. The molecule has 1 heterocycles. The molecule has 0 aliphatic heterocycles. The first-order chi connectivity index (χ1) is 9.76. The van der Waals surface area contributed by atoms with Crippen LogP contribution in [0.15, 0.2) is 12.1 Å². The molecule has 2 atom stereocenters. The number of rotatable bonds is 8. The SMILES string of the molecule is CCC(C)C(C)(O)CNC(=O)CCC(=O)c1ccc(Cl)s1. The lowest BCUT2D eigenvalue weighted by atomic mass is 9.88. The number of aliphatic hydroxyl groups is 1. The van der Waals surface area contributed by atoms with Gasteiger partial charge < -0.3 is 10.4 Å². The maximum atomic E-state index is 11.8. The summed E-state index contributed by atoms with van der Waals surface area (Å²) in [5.41, 5.74) is -0.935. The quantitative estimate of drug-likeness (QED) is 0.718. The van der Waals surface area contributed by atoms with E-state index in [2.05, 4.69) is 5.32 Å². The Morgan fingerprint density at radius 3 is 2.62 bits per heavy atom. The smallest absolute Gasteiger partial charge is 0.220 e. The van der Waals surface area contributed by atoms with E-state index < -0.39 is 5.60 Å². The fourth-order valence-electron chi connectivity index (χ4n) is 1.79. The van der Waals surface area contributed by atoms with Crippen molar-refractivity contribution in [1.29, 1.82) is 0 Å². The minimum atomic E-state index is -0.935. The second kappa shape index (κ2) is 7.92. The first kappa shape index (κ1) is 18.1. The Labute approximate surface area is 134 Å². The van der Waals surface area contributed by atoms with Gasteiger partial charge in [-0.2, -0.15) is 0 Å².